The number of urea groups is 1. The van der Waals surface area contributed by atoms with Gasteiger partial charge in [-0.15, -0.1) is 0 Å². The van der Waals surface area contributed by atoms with Crippen LogP contribution in [0.5, 0.6) is 0 Å². The Hall–Kier alpha value is -1.06. The number of hydrogen-bond acceptors (Lipinski definition) is 2. The van der Waals surface area contributed by atoms with Gasteiger partial charge in [0.2, 0.25) is 5.91 Å². The molecule has 0 aromatic carbocycles. The first-order valence-corrected chi connectivity index (χ1v) is 5.13. The molecule has 0 saturated heterocycles. The molecule has 78 valence electrons. The molecule has 3 amide bonds. The zero-order valence-corrected chi connectivity index (χ0v) is 8.38. The average Bonchev–Trinajstić information content (AvgIpc) is 2.62. The first-order chi connectivity index (χ1) is 6.52. The quantitative estimate of drug-likeness (QED) is 0.657. The van der Waals surface area contributed by atoms with Gasteiger partial charge in [-0.1, -0.05) is 13.3 Å². The van der Waals surface area contributed by atoms with E-state index in [1.807, 2.05) is 6.92 Å². The zero-order chi connectivity index (χ0) is 10.3. The molecule has 2 bridgehead atoms. The van der Waals surface area contributed by atoms with Gasteiger partial charge in [0, 0.05) is 5.41 Å². The predicted octanol–water partition coefficient (Wildman–Crippen LogP) is 1.01. The number of hydrogen-bond donors (Lipinski definition) is 2. The normalized spacial score (nSPS) is 39.8. The van der Waals surface area contributed by atoms with E-state index in [2.05, 4.69) is 5.32 Å². The highest BCUT2D eigenvalue weighted by molar-refractivity contribution is 5.96. The van der Waals surface area contributed by atoms with E-state index in [0.717, 1.165) is 19.3 Å². The summed E-state index contributed by atoms with van der Waals surface area (Å²) in [5.41, 5.74) is 4.60. The third-order valence-corrected chi connectivity index (χ3v) is 3.91. The van der Waals surface area contributed by atoms with Crippen molar-refractivity contribution in [1.82, 2.24) is 5.32 Å². The van der Waals surface area contributed by atoms with E-state index in [9.17, 15) is 9.59 Å². The Balaban J connectivity index is 2.09. The van der Waals surface area contributed by atoms with Crippen LogP contribution in [-0.4, -0.2) is 11.9 Å². The van der Waals surface area contributed by atoms with Crippen molar-refractivity contribution in [2.24, 2.45) is 23.0 Å². The minimum absolute atomic E-state index is 0.183. The summed E-state index contributed by atoms with van der Waals surface area (Å²) in [5, 5.41) is 2.21. The Morgan fingerprint density at radius 3 is 2.57 bits per heavy atom. The molecule has 4 nitrogen and oxygen atoms in total. The van der Waals surface area contributed by atoms with Gasteiger partial charge in [-0.3, -0.25) is 10.1 Å². The number of amides is 3. The molecule has 2 aliphatic rings. The summed E-state index contributed by atoms with van der Waals surface area (Å²) < 4.78 is 0. The SMILES string of the molecule is CC1(C(=O)NC(N)=O)CC2CCC1C2. The molecule has 4 heteroatoms. The smallest absolute Gasteiger partial charge is 0.318 e. The van der Waals surface area contributed by atoms with Crippen LogP contribution in [0.15, 0.2) is 0 Å². The topological polar surface area (TPSA) is 72.2 Å². The molecule has 0 aliphatic heterocycles. The molecule has 0 radical (unpaired) electrons. The maximum atomic E-state index is 11.8. The van der Waals surface area contributed by atoms with Gasteiger partial charge < -0.3 is 5.73 Å². The molecule has 0 heterocycles. The van der Waals surface area contributed by atoms with Crippen LogP contribution in [0.2, 0.25) is 0 Å². The minimum atomic E-state index is -0.737. The number of carbonyl (C=O) groups excluding carboxylic acids is 2. The summed E-state index contributed by atoms with van der Waals surface area (Å²) in [6.45, 7) is 1.95. The van der Waals surface area contributed by atoms with Gasteiger partial charge in [0.15, 0.2) is 0 Å². The second-order valence-corrected chi connectivity index (χ2v) is 4.82. The molecule has 2 rings (SSSR count). The standard InChI is InChI=1S/C10H16N2O2/c1-10(8(13)12-9(11)14)5-6-2-3-7(10)4-6/h6-7H,2-5H2,1H3,(H3,11,12,13,14). The maximum absolute atomic E-state index is 11.8. The highest BCUT2D eigenvalue weighted by atomic mass is 16.2. The summed E-state index contributed by atoms with van der Waals surface area (Å²) in [7, 11) is 0. The molecule has 3 N–H and O–H groups in total. The van der Waals surface area contributed by atoms with Crippen LogP contribution in [0.25, 0.3) is 0 Å². The van der Waals surface area contributed by atoms with Crippen molar-refractivity contribution in [3.8, 4) is 0 Å². The second kappa shape index (κ2) is 2.97. The van der Waals surface area contributed by atoms with Crippen LogP contribution in [0, 0.1) is 17.3 Å². The largest absolute Gasteiger partial charge is 0.351 e. The number of carbonyl (C=O) groups is 2. The summed E-state index contributed by atoms with van der Waals surface area (Å²) >= 11 is 0. The van der Waals surface area contributed by atoms with Gasteiger partial charge in [-0.2, -0.15) is 0 Å². The van der Waals surface area contributed by atoms with Gasteiger partial charge in [-0.25, -0.2) is 4.79 Å². The lowest BCUT2D eigenvalue weighted by Crippen LogP contribution is -2.46. The lowest BCUT2D eigenvalue weighted by molar-refractivity contribution is -0.131. The fraction of sp³-hybridized carbons (Fsp3) is 0.800. The fourth-order valence-electron chi connectivity index (χ4n) is 3.14. The van der Waals surface area contributed by atoms with Crippen molar-refractivity contribution < 1.29 is 9.59 Å². The van der Waals surface area contributed by atoms with Crippen LogP contribution in [0.1, 0.15) is 32.6 Å². The van der Waals surface area contributed by atoms with Crippen LogP contribution < -0.4 is 11.1 Å². The van der Waals surface area contributed by atoms with E-state index in [1.54, 1.807) is 0 Å². The molecular weight excluding hydrogens is 180 g/mol. The van der Waals surface area contributed by atoms with Crippen LogP contribution in [-0.2, 0) is 4.79 Å². The monoisotopic (exact) mass is 196 g/mol. The Bertz CT molecular complexity index is 290. The molecule has 0 aromatic heterocycles. The van der Waals surface area contributed by atoms with Crippen molar-refractivity contribution in [2.45, 2.75) is 32.6 Å². The highest BCUT2D eigenvalue weighted by Crippen LogP contribution is 2.55. The average molecular weight is 196 g/mol. The molecule has 0 spiro atoms. The van der Waals surface area contributed by atoms with Crippen molar-refractivity contribution in [3.63, 3.8) is 0 Å². The van der Waals surface area contributed by atoms with E-state index in [0.29, 0.717) is 11.8 Å². The molecule has 14 heavy (non-hydrogen) atoms. The summed E-state index contributed by atoms with van der Waals surface area (Å²) in [4.78, 5) is 22.4. The number of nitrogens with one attached hydrogen (secondary N) is 1. The van der Waals surface area contributed by atoms with Crippen LogP contribution >= 0.6 is 0 Å². The van der Waals surface area contributed by atoms with Crippen LogP contribution in [0.4, 0.5) is 4.79 Å². The first-order valence-electron chi connectivity index (χ1n) is 5.13. The van der Waals surface area contributed by atoms with Gasteiger partial charge in [-0.05, 0) is 31.1 Å². The number of rotatable bonds is 1. The second-order valence-electron chi connectivity index (χ2n) is 4.82. The maximum Gasteiger partial charge on any atom is 0.318 e. The third kappa shape index (κ3) is 1.29. The van der Waals surface area contributed by atoms with Crippen molar-refractivity contribution in [2.75, 3.05) is 0 Å². The molecule has 2 aliphatic carbocycles. The Morgan fingerprint density at radius 2 is 2.14 bits per heavy atom. The lowest BCUT2D eigenvalue weighted by Gasteiger charge is -2.31. The highest BCUT2D eigenvalue weighted by Gasteiger charge is 2.52. The zero-order valence-electron chi connectivity index (χ0n) is 8.38. The first kappa shape index (κ1) is 9.49. The van der Waals surface area contributed by atoms with Gasteiger partial charge in [0.25, 0.3) is 0 Å². The van der Waals surface area contributed by atoms with Gasteiger partial charge >= 0.3 is 6.03 Å². The van der Waals surface area contributed by atoms with E-state index in [-0.39, 0.29) is 11.3 Å². The summed E-state index contributed by atoms with van der Waals surface area (Å²) in [6, 6.07) is -0.737. The predicted molar refractivity (Wildman–Crippen MR) is 51.3 cm³/mol. The number of fused-ring (bicyclic) bond motifs is 2. The Kier molecular flexibility index (Phi) is 2.01. The van der Waals surface area contributed by atoms with Crippen LogP contribution in [0.3, 0.4) is 0 Å². The minimum Gasteiger partial charge on any atom is -0.351 e. The molecule has 0 aromatic rings. The Morgan fingerprint density at radius 1 is 1.43 bits per heavy atom. The number of imide groups is 1. The van der Waals surface area contributed by atoms with Crippen molar-refractivity contribution >= 4 is 11.9 Å². The fourth-order valence-corrected chi connectivity index (χ4v) is 3.14. The molecule has 2 saturated carbocycles. The third-order valence-electron chi connectivity index (χ3n) is 3.91. The molecule has 3 unspecified atom stereocenters. The van der Waals surface area contributed by atoms with Gasteiger partial charge in [0.05, 0.1) is 0 Å². The molecule has 2 fully saturated rings. The van der Waals surface area contributed by atoms with E-state index in [4.69, 9.17) is 5.73 Å². The summed E-state index contributed by atoms with van der Waals surface area (Å²) in [6.07, 6.45) is 4.41. The Labute approximate surface area is 83.2 Å². The van der Waals surface area contributed by atoms with E-state index in [1.165, 1.54) is 6.42 Å². The lowest BCUT2D eigenvalue weighted by atomic mass is 9.74. The summed E-state index contributed by atoms with van der Waals surface area (Å²) in [5.74, 6) is 0.952. The number of primary amides is 1. The number of nitrogens with two attached hydrogens (primary N) is 1. The van der Waals surface area contributed by atoms with Crippen molar-refractivity contribution in [3.05, 3.63) is 0 Å². The van der Waals surface area contributed by atoms with E-state index < -0.39 is 6.03 Å². The molecule has 3 atom stereocenters. The molecular formula is C10H16N2O2. The van der Waals surface area contributed by atoms with Crippen molar-refractivity contribution in [1.29, 1.82) is 0 Å². The van der Waals surface area contributed by atoms with Gasteiger partial charge in [0.1, 0.15) is 0 Å². The van der Waals surface area contributed by atoms with E-state index >= 15 is 0 Å².